The molecule has 2 fully saturated rings. The van der Waals surface area contributed by atoms with Crippen LogP contribution in [0.1, 0.15) is 58.8 Å². The molecule has 0 unspecified atom stereocenters. The van der Waals surface area contributed by atoms with Crippen molar-refractivity contribution in [2.24, 2.45) is 0 Å². The fourth-order valence-electron chi connectivity index (χ4n) is 3.68. The highest BCUT2D eigenvalue weighted by atomic mass is 16.7. The van der Waals surface area contributed by atoms with Gasteiger partial charge in [0.25, 0.3) is 5.91 Å². The SMILES string of the molecule is CCc1c(C(=O)N2CCC3(CC2)OCCO3)[nH]c(C)c1C(C)=O. The zero-order chi connectivity index (χ0) is 16.6. The molecule has 126 valence electrons. The number of ether oxygens (including phenoxy) is 2. The number of H-pyrrole nitrogens is 1. The maximum Gasteiger partial charge on any atom is 0.270 e. The van der Waals surface area contributed by atoms with Gasteiger partial charge in [0.15, 0.2) is 11.6 Å². The van der Waals surface area contributed by atoms with Gasteiger partial charge in [-0.05, 0) is 25.8 Å². The number of hydrogen-bond donors (Lipinski definition) is 1. The smallest absolute Gasteiger partial charge is 0.270 e. The van der Waals surface area contributed by atoms with Crippen molar-refractivity contribution >= 4 is 11.7 Å². The Morgan fingerprint density at radius 2 is 1.83 bits per heavy atom. The van der Waals surface area contributed by atoms with Gasteiger partial charge in [0.1, 0.15) is 5.69 Å². The zero-order valence-corrected chi connectivity index (χ0v) is 14.0. The topological polar surface area (TPSA) is 71.6 Å². The number of aromatic amines is 1. The van der Waals surface area contributed by atoms with E-state index in [4.69, 9.17) is 9.47 Å². The lowest BCUT2D eigenvalue weighted by Crippen LogP contribution is -2.47. The molecule has 2 aliphatic rings. The normalized spacial score (nSPS) is 20.2. The average Bonchev–Trinajstić information content (AvgIpc) is 3.11. The molecule has 0 aliphatic carbocycles. The Morgan fingerprint density at radius 1 is 1.22 bits per heavy atom. The fourth-order valence-corrected chi connectivity index (χ4v) is 3.68. The zero-order valence-electron chi connectivity index (χ0n) is 14.0. The summed E-state index contributed by atoms with van der Waals surface area (Å²) in [5.74, 6) is -0.522. The molecular formula is C17H24N2O4. The van der Waals surface area contributed by atoms with E-state index in [1.807, 2.05) is 18.7 Å². The van der Waals surface area contributed by atoms with Gasteiger partial charge in [0.2, 0.25) is 0 Å². The number of Topliss-reactive ketones (excluding diaryl/α,β-unsaturated/α-hetero) is 1. The van der Waals surface area contributed by atoms with Gasteiger partial charge in [-0.15, -0.1) is 0 Å². The number of amides is 1. The summed E-state index contributed by atoms with van der Waals surface area (Å²) in [4.78, 5) is 29.7. The third kappa shape index (κ3) is 2.81. The number of carbonyl (C=O) groups is 2. The molecule has 1 aromatic rings. The number of piperidine rings is 1. The van der Waals surface area contributed by atoms with Crippen LogP contribution in [0, 0.1) is 6.92 Å². The van der Waals surface area contributed by atoms with Crippen molar-refractivity contribution in [3.8, 4) is 0 Å². The largest absolute Gasteiger partial charge is 0.354 e. The van der Waals surface area contributed by atoms with E-state index in [1.54, 1.807) is 6.92 Å². The van der Waals surface area contributed by atoms with Crippen molar-refractivity contribution in [1.82, 2.24) is 9.88 Å². The maximum absolute atomic E-state index is 12.9. The number of ketones is 1. The van der Waals surface area contributed by atoms with Crippen molar-refractivity contribution in [2.75, 3.05) is 26.3 Å². The van der Waals surface area contributed by atoms with Gasteiger partial charge < -0.3 is 19.4 Å². The van der Waals surface area contributed by atoms with Gasteiger partial charge >= 0.3 is 0 Å². The van der Waals surface area contributed by atoms with Gasteiger partial charge in [-0.2, -0.15) is 0 Å². The molecule has 0 aromatic carbocycles. The van der Waals surface area contributed by atoms with Crippen LogP contribution in [0.4, 0.5) is 0 Å². The molecule has 3 rings (SSSR count). The van der Waals surface area contributed by atoms with Crippen molar-refractivity contribution in [3.05, 3.63) is 22.5 Å². The van der Waals surface area contributed by atoms with E-state index in [0.717, 1.165) is 11.3 Å². The molecule has 23 heavy (non-hydrogen) atoms. The summed E-state index contributed by atoms with van der Waals surface area (Å²) in [5, 5.41) is 0. The van der Waals surface area contributed by atoms with Crippen LogP contribution in [-0.4, -0.2) is 53.7 Å². The van der Waals surface area contributed by atoms with Gasteiger partial charge in [0, 0.05) is 37.2 Å². The molecule has 2 saturated heterocycles. The van der Waals surface area contributed by atoms with Crippen LogP contribution in [0.3, 0.4) is 0 Å². The Kier molecular flexibility index (Phi) is 4.29. The van der Waals surface area contributed by atoms with E-state index in [1.165, 1.54) is 0 Å². The molecule has 2 aliphatic heterocycles. The van der Waals surface area contributed by atoms with E-state index >= 15 is 0 Å². The van der Waals surface area contributed by atoms with Crippen molar-refractivity contribution in [2.45, 2.75) is 45.8 Å². The lowest BCUT2D eigenvalue weighted by molar-refractivity contribution is -0.181. The number of carbonyl (C=O) groups excluding carboxylic acids is 2. The standard InChI is InChI=1S/C17H24N2O4/c1-4-13-14(12(3)20)11(2)18-15(13)16(21)19-7-5-17(6-8-19)22-9-10-23-17/h18H,4-10H2,1-3H3. The number of nitrogens with one attached hydrogen (secondary N) is 1. The van der Waals surface area contributed by atoms with Crippen molar-refractivity contribution < 1.29 is 19.1 Å². The fraction of sp³-hybridized carbons (Fsp3) is 0.647. The number of likely N-dealkylation sites (tertiary alicyclic amines) is 1. The Labute approximate surface area is 136 Å². The average molecular weight is 320 g/mol. The molecular weight excluding hydrogens is 296 g/mol. The summed E-state index contributed by atoms with van der Waals surface area (Å²) in [5.41, 5.74) is 2.81. The first-order chi connectivity index (χ1) is 11.0. The van der Waals surface area contributed by atoms with Crippen molar-refractivity contribution in [1.29, 1.82) is 0 Å². The first-order valence-electron chi connectivity index (χ1n) is 8.27. The van der Waals surface area contributed by atoms with E-state index in [0.29, 0.717) is 56.8 Å². The lowest BCUT2D eigenvalue weighted by atomic mass is 10.0. The molecule has 0 bridgehead atoms. The van der Waals surface area contributed by atoms with E-state index in [9.17, 15) is 9.59 Å². The number of nitrogens with zero attached hydrogens (tertiary/aromatic N) is 1. The number of rotatable bonds is 3. The quantitative estimate of drug-likeness (QED) is 0.866. The summed E-state index contributed by atoms with van der Waals surface area (Å²) in [6.07, 6.45) is 2.04. The number of aryl methyl sites for hydroxylation is 1. The van der Waals surface area contributed by atoms with Gasteiger partial charge in [-0.3, -0.25) is 9.59 Å². The van der Waals surface area contributed by atoms with Crippen LogP contribution in [0.2, 0.25) is 0 Å². The summed E-state index contributed by atoms with van der Waals surface area (Å²) < 4.78 is 11.4. The van der Waals surface area contributed by atoms with Crippen LogP contribution in [0.5, 0.6) is 0 Å². The summed E-state index contributed by atoms with van der Waals surface area (Å²) in [6.45, 7) is 7.83. The first kappa shape index (κ1) is 16.2. The molecule has 1 amide bonds. The minimum atomic E-state index is -0.486. The van der Waals surface area contributed by atoms with Crippen LogP contribution < -0.4 is 0 Å². The minimum Gasteiger partial charge on any atom is -0.354 e. The summed E-state index contributed by atoms with van der Waals surface area (Å²) in [6, 6.07) is 0. The Bertz CT molecular complexity index is 619. The third-order valence-corrected chi connectivity index (χ3v) is 4.84. The Hall–Kier alpha value is -1.66. The molecule has 1 spiro atoms. The Balaban J connectivity index is 1.79. The highest BCUT2D eigenvalue weighted by Crippen LogP contribution is 2.32. The maximum atomic E-state index is 12.9. The van der Waals surface area contributed by atoms with Crippen LogP contribution in [0.15, 0.2) is 0 Å². The van der Waals surface area contributed by atoms with E-state index in [-0.39, 0.29) is 11.7 Å². The van der Waals surface area contributed by atoms with E-state index < -0.39 is 5.79 Å². The molecule has 3 heterocycles. The molecule has 0 atom stereocenters. The summed E-state index contributed by atoms with van der Waals surface area (Å²) in [7, 11) is 0. The Morgan fingerprint density at radius 3 is 2.35 bits per heavy atom. The highest BCUT2D eigenvalue weighted by molar-refractivity contribution is 6.02. The second-order valence-electron chi connectivity index (χ2n) is 6.29. The molecule has 0 saturated carbocycles. The lowest BCUT2D eigenvalue weighted by Gasteiger charge is -2.37. The van der Waals surface area contributed by atoms with Gasteiger partial charge in [-0.25, -0.2) is 0 Å². The molecule has 1 aromatic heterocycles. The molecule has 6 heteroatoms. The van der Waals surface area contributed by atoms with E-state index in [2.05, 4.69) is 4.98 Å². The predicted octanol–water partition coefficient (Wildman–Crippen LogP) is 2.07. The van der Waals surface area contributed by atoms with Gasteiger partial charge in [-0.1, -0.05) is 6.92 Å². The number of hydrogen-bond acceptors (Lipinski definition) is 4. The third-order valence-electron chi connectivity index (χ3n) is 4.84. The molecule has 0 radical (unpaired) electrons. The second-order valence-corrected chi connectivity index (χ2v) is 6.29. The molecule has 1 N–H and O–H groups in total. The van der Waals surface area contributed by atoms with Crippen LogP contribution >= 0.6 is 0 Å². The minimum absolute atomic E-state index is 0.00000250. The first-order valence-corrected chi connectivity index (χ1v) is 8.27. The highest BCUT2D eigenvalue weighted by Gasteiger charge is 2.41. The van der Waals surface area contributed by atoms with Crippen LogP contribution in [0.25, 0.3) is 0 Å². The molecule has 6 nitrogen and oxygen atoms in total. The summed E-state index contributed by atoms with van der Waals surface area (Å²) >= 11 is 0. The monoisotopic (exact) mass is 320 g/mol. The van der Waals surface area contributed by atoms with Crippen molar-refractivity contribution in [3.63, 3.8) is 0 Å². The van der Waals surface area contributed by atoms with Crippen LogP contribution in [-0.2, 0) is 15.9 Å². The second kappa shape index (κ2) is 6.09. The number of aromatic nitrogens is 1. The van der Waals surface area contributed by atoms with Gasteiger partial charge in [0.05, 0.1) is 13.2 Å². The predicted molar refractivity (Wildman–Crippen MR) is 84.7 cm³/mol.